The molecule has 0 heterocycles. The lowest BCUT2D eigenvalue weighted by molar-refractivity contribution is -0.142. The van der Waals surface area contributed by atoms with Gasteiger partial charge in [0, 0.05) is 0 Å². The minimum atomic E-state index is -4.70. The van der Waals surface area contributed by atoms with E-state index >= 15 is 0 Å². The Kier molecular flexibility index (Phi) is 7.41. The van der Waals surface area contributed by atoms with Gasteiger partial charge >= 0.3 is 12.1 Å². The summed E-state index contributed by atoms with van der Waals surface area (Å²) in [6, 6.07) is 3.08. The number of amides is 2. The molecule has 138 valence electrons. The highest BCUT2D eigenvalue weighted by molar-refractivity contribution is 5.98. The molecule has 1 aromatic rings. The summed E-state index contributed by atoms with van der Waals surface area (Å²) >= 11 is 0. The van der Waals surface area contributed by atoms with Crippen LogP contribution in [0.2, 0.25) is 0 Å². The molecule has 0 aliphatic carbocycles. The van der Waals surface area contributed by atoms with E-state index in [9.17, 15) is 27.6 Å². The fourth-order valence-electron chi connectivity index (χ4n) is 2.10. The smallest absolute Gasteiger partial charge is 0.417 e. The zero-order valence-electron chi connectivity index (χ0n) is 13.5. The molecule has 0 spiro atoms. The van der Waals surface area contributed by atoms with Crippen molar-refractivity contribution in [2.24, 2.45) is 0 Å². The second-order valence-electron chi connectivity index (χ2n) is 5.33. The normalized spacial score (nSPS) is 12.3. The van der Waals surface area contributed by atoms with Crippen LogP contribution < -0.4 is 10.6 Å². The minimum Gasteiger partial charge on any atom is -0.480 e. The number of benzene rings is 1. The standard InChI is InChI=1S/C16H19F3N2O4/c1-2-3-8-12(15(24)25)21-13(22)9-20-14(23)10-6-4-5-7-11(10)16(17,18)19/h4-7,12H,2-3,8-9H2,1H3,(H,20,23)(H,21,22)(H,24,25)/t12-/m0/s1. The monoisotopic (exact) mass is 360 g/mol. The van der Waals surface area contributed by atoms with Gasteiger partial charge in [0.05, 0.1) is 17.7 Å². The number of rotatable bonds is 8. The molecule has 0 unspecified atom stereocenters. The Morgan fingerprint density at radius 2 is 1.84 bits per heavy atom. The number of alkyl halides is 3. The molecule has 0 saturated carbocycles. The van der Waals surface area contributed by atoms with Crippen LogP contribution in [0, 0.1) is 0 Å². The molecule has 0 bridgehead atoms. The zero-order chi connectivity index (χ0) is 19.0. The van der Waals surface area contributed by atoms with E-state index in [2.05, 4.69) is 10.6 Å². The van der Waals surface area contributed by atoms with Crippen LogP contribution in [-0.4, -0.2) is 35.5 Å². The largest absolute Gasteiger partial charge is 0.480 e. The molecule has 0 radical (unpaired) electrons. The summed E-state index contributed by atoms with van der Waals surface area (Å²) in [5.74, 6) is -3.07. The lowest BCUT2D eigenvalue weighted by Crippen LogP contribution is -2.45. The zero-order valence-corrected chi connectivity index (χ0v) is 13.5. The summed E-state index contributed by atoms with van der Waals surface area (Å²) in [5, 5.41) is 13.3. The molecule has 6 nitrogen and oxygen atoms in total. The molecule has 1 rings (SSSR count). The predicted molar refractivity (Wildman–Crippen MR) is 82.9 cm³/mol. The fraction of sp³-hybridized carbons (Fsp3) is 0.438. The van der Waals surface area contributed by atoms with Crippen LogP contribution >= 0.6 is 0 Å². The summed E-state index contributed by atoms with van der Waals surface area (Å²) in [6.07, 6.45) is -3.15. The predicted octanol–water partition coefficient (Wildman–Crippen LogP) is 2.19. The third kappa shape index (κ3) is 6.44. The minimum absolute atomic E-state index is 0.225. The van der Waals surface area contributed by atoms with Gasteiger partial charge in [-0.2, -0.15) is 13.2 Å². The highest BCUT2D eigenvalue weighted by Crippen LogP contribution is 2.31. The number of nitrogens with one attached hydrogen (secondary N) is 2. The van der Waals surface area contributed by atoms with Gasteiger partial charge in [-0.05, 0) is 18.6 Å². The van der Waals surface area contributed by atoms with Gasteiger partial charge < -0.3 is 15.7 Å². The van der Waals surface area contributed by atoms with Crippen LogP contribution in [0.25, 0.3) is 0 Å². The van der Waals surface area contributed by atoms with Crippen LogP contribution in [0.5, 0.6) is 0 Å². The van der Waals surface area contributed by atoms with Crippen LogP contribution in [0.15, 0.2) is 24.3 Å². The Bertz CT molecular complexity index is 632. The van der Waals surface area contributed by atoms with E-state index in [0.717, 1.165) is 24.6 Å². The summed E-state index contributed by atoms with van der Waals surface area (Å²) < 4.78 is 38.6. The lowest BCUT2D eigenvalue weighted by atomic mass is 10.1. The first-order chi connectivity index (χ1) is 11.7. The molecule has 2 amide bonds. The molecule has 0 aromatic heterocycles. The molecular weight excluding hydrogens is 341 g/mol. The number of aliphatic carboxylic acids is 1. The average molecular weight is 360 g/mol. The van der Waals surface area contributed by atoms with Gasteiger partial charge in [0.25, 0.3) is 5.91 Å². The maximum Gasteiger partial charge on any atom is 0.417 e. The van der Waals surface area contributed by atoms with Crippen molar-refractivity contribution in [2.45, 2.75) is 38.4 Å². The number of halogens is 3. The Morgan fingerprint density at radius 3 is 2.40 bits per heavy atom. The molecular formula is C16H19F3N2O4. The first kappa shape index (κ1) is 20.5. The van der Waals surface area contributed by atoms with Gasteiger partial charge in [0.2, 0.25) is 5.91 Å². The Morgan fingerprint density at radius 1 is 1.20 bits per heavy atom. The van der Waals surface area contributed by atoms with Crippen LogP contribution in [0.4, 0.5) is 13.2 Å². The van der Waals surface area contributed by atoms with Gasteiger partial charge in [-0.15, -0.1) is 0 Å². The molecule has 0 fully saturated rings. The first-order valence-corrected chi connectivity index (χ1v) is 7.63. The van der Waals surface area contributed by atoms with Crippen LogP contribution in [0.1, 0.15) is 42.1 Å². The number of carboxylic acids is 1. The molecule has 9 heteroatoms. The van der Waals surface area contributed by atoms with Gasteiger partial charge in [0.15, 0.2) is 0 Å². The van der Waals surface area contributed by atoms with Crippen molar-refractivity contribution in [3.8, 4) is 0 Å². The van der Waals surface area contributed by atoms with E-state index in [1.165, 1.54) is 6.07 Å². The van der Waals surface area contributed by atoms with Crippen molar-refractivity contribution in [3.05, 3.63) is 35.4 Å². The van der Waals surface area contributed by atoms with E-state index in [1.54, 1.807) is 0 Å². The first-order valence-electron chi connectivity index (χ1n) is 7.63. The van der Waals surface area contributed by atoms with Crippen LogP contribution in [-0.2, 0) is 15.8 Å². The quantitative estimate of drug-likeness (QED) is 0.662. The Balaban J connectivity index is 2.68. The second kappa shape index (κ2) is 9.05. The van der Waals surface area contributed by atoms with E-state index in [1.807, 2.05) is 6.92 Å². The Hall–Kier alpha value is -2.58. The topological polar surface area (TPSA) is 95.5 Å². The van der Waals surface area contributed by atoms with Crippen molar-refractivity contribution < 1.29 is 32.7 Å². The fourth-order valence-corrected chi connectivity index (χ4v) is 2.10. The number of hydrogen-bond donors (Lipinski definition) is 3. The number of carboxylic acid groups (broad SMARTS) is 1. The SMILES string of the molecule is CCCC[C@H](NC(=O)CNC(=O)c1ccccc1C(F)(F)F)C(=O)O. The van der Waals surface area contributed by atoms with Crippen molar-refractivity contribution in [3.63, 3.8) is 0 Å². The van der Waals surface area contributed by atoms with Gasteiger partial charge in [-0.25, -0.2) is 4.79 Å². The van der Waals surface area contributed by atoms with E-state index < -0.39 is 47.7 Å². The van der Waals surface area contributed by atoms with Crippen molar-refractivity contribution in [1.82, 2.24) is 10.6 Å². The number of carbonyl (C=O) groups excluding carboxylic acids is 2. The lowest BCUT2D eigenvalue weighted by Gasteiger charge is -2.15. The third-order valence-electron chi connectivity index (χ3n) is 3.37. The maximum absolute atomic E-state index is 12.9. The number of hydrogen-bond acceptors (Lipinski definition) is 3. The van der Waals surface area contributed by atoms with E-state index in [0.29, 0.717) is 6.42 Å². The van der Waals surface area contributed by atoms with Gasteiger partial charge in [-0.3, -0.25) is 9.59 Å². The van der Waals surface area contributed by atoms with Crippen LogP contribution in [0.3, 0.4) is 0 Å². The second-order valence-corrected chi connectivity index (χ2v) is 5.33. The van der Waals surface area contributed by atoms with Crippen molar-refractivity contribution >= 4 is 17.8 Å². The third-order valence-corrected chi connectivity index (χ3v) is 3.37. The van der Waals surface area contributed by atoms with Crippen molar-refractivity contribution in [1.29, 1.82) is 0 Å². The van der Waals surface area contributed by atoms with Gasteiger partial charge in [-0.1, -0.05) is 31.9 Å². The Labute approximate surface area is 142 Å². The maximum atomic E-state index is 12.9. The molecule has 0 aliphatic rings. The number of unbranched alkanes of at least 4 members (excludes halogenated alkanes) is 1. The van der Waals surface area contributed by atoms with E-state index in [4.69, 9.17) is 5.11 Å². The molecule has 0 saturated heterocycles. The molecule has 3 N–H and O–H groups in total. The highest BCUT2D eigenvalue weighted by atomic mass is 19.4. The van der Waals surface area contributed by atoms with Crippen molar-refractivity contribution in [2.75, 3.05) is 6.54 Å². The molecule has 1 aromatic carbocycles. The highest BCUT2D eigenvalue weighted by Gasteiger charge is 2.34. The molecule has 25 heavy (non-hydrogen) atoms. The summed E-state index contributed by atoms with van der Waals surface area (Å²) in [7, 11) is 0. The summed E-state index contributed by atoms with van der Waals surface area (Å²) in [4.78, 5) is 34.7. The molecule has 1 atom stereocenters. The average Bonchev–Trinajstić information content (AvgIpc) is 2.55. The summed E-state index contributed by atoms with van der Waals surface area (Å²) in [6.45, 7) is 1.24. The number of carbonyl (C=O) groups is 3. The summed E-state index contributed by atoms with van der Waals surface area (Å²) in [5.41, 5.74) is -1.72. The van der Waals surface area contributed by atoms with E-state index in [-0.39, 0.29) is 6.42 Å². The van der Waals surface area contributed by atoms with Gasteiger partial charge in [0.1, 0.15) is 6.04 Å². The molecule has 0 aliphatic heterocycles.